The van der Waals surface area contributed by atoms with Crippen molar-refractivity contribution >= 4 is 51.9 Å². The zero-order valence-electron chi connectivity index (χ0n) is 23.7. The number of rotatable bonds is 9. The maximum absolute atomic E-state index is 13.5. The molecular formula is C32H22O12S3. The molecule has 240 valence electrons. The van der Waals surface area contributed by atoms with Crippen LogP contribution >= 0.6 is 0 Å². The molecular weight excluding hydrogens is 673 g/mol. The lowest BCUT2D eigenvalue weighted by atomic mass is 10.0. The van der Waals surface area contributed by atoms with E-state index in [1.807, 2.05) is 0 Å². The van der Waals surface area contributed by atoms with Crippen LogP contribution in [0.25, 0.3) is 21.5 Å². The molecule has 0 aliphatic heterocycles. The van der Waals surface area contributed by atoms with Crippen LogP contribution in [0.4, 0.5) is 0 Å². The summed E-state index contributed by atoms with van der Waals surface area (Å²) in [6, 6.07) is 23.4. The lowest BCUT2D eigenvalue weighted by Gasteiger charge is -2.17. The Morgan fingerprint density at radius 3 is 1.32 bits per heavy atom. The first-order valence-electron chi connectivity index (χ1n) is 13.4. The maximum Gasteiger partial charge on any atom is 0.339 e. The van der Waals surface area contributed by atoms with Crippen molar-refractivity contribution in [2.75, 3.05) is 0 Å². The Morgan fingerprint density at radius 2 is 0.830 bits per heavy atom. The summed E-state index contributed by atoms with van der Waals surface area (Å²) in [5.41, 5.74) is 0. The molecule has 0 aliphatic carbocycles. The highest BCUT2D eigenvalue weighted by Gasteiger charge is 2.27. The summed E-state index contributed by atoms with van der Waals surface area (Å²) in [6.07, 6.45) is 0. The highest BCUT2D eigenvalue weighted by Crippen LogP contribution is 2.45. The minimum Gasteiger partial charge on any atom is -0.508 e. The number of benzene rings is 6. The van der Waals surface area contributed by atoms with Crippen LogP contribution in [-0.4, -0.2) is 40.6 Å². The van der Waals surface area contributed by atoms with Crippen molar-refractivity contribution in [2.45, 2.75) is 14.7 Å². The van der Waals surface area contributed by atoms with Gasteiger partial charge in [-0.25, -0.2) is 0 Å². The Balaban J connectivity index is 1.57. The van der Waals surface area contributed by atoms with Gasteiger partial charge >= 0.3 is 30.4 Å². The average molecular weight is 695 g/mol. The highest BCUT2D eigenvalue weighted by molar-refractivity contribution is 7.87. The van der Waals surface area contributed by atoms with Crippen LogP contribution in [0.1, 0.15) is 0 Å². The zero-order chi connectivity index (χ0) is 33.6. The van der Waals surface area contributed by atoms with Crippen molar-refractivity contribution in [3.8, 4) is 34.5 Å². The number of aromatic hydroxyl groups is 3. The van der Waals surface area contributed by atoms with E-state index in [2.05, 4.69) is 0 Å². The van der Waals surface area contributed by atoms with Crippen molar-refractivity contribution in [3.63, 3.8) is 0 Å². The first-order chi connectivity index (χ1) is 22.2. The monoisotopic (exact) mass is 694 g/mol. The van der Waals surface area contributed by atoms with E-state index in [0.717, 1.165) is 60.7 Å². The van der Waals surface area contributed by atoms with Crippen LogP contribution in [0.5, 0.6) is 34.5 Å². The van der Waals surface area contributed by atoms with E-state index in [1.165, 1.54) is 54.6 Å². The molecule has 12 nitrogen and oxygen atoms in total. The van der Waals surface area contributed by atoms with Gasteiger partial charge in [0.2, 0.25) is 0 Å². The van der Waals surface area contributed by atoms with Crippen LogP contribution in [0, 0.1) is 0 Å². The van der Waals surface area contributed by atoms with Gasteiger partial charge in [-0.1, -0.05) is 24.3 Å². The van der Waals surface area contributed by atoms with Gasteiger partial charge in [-0.05, 0) is 96.4 Å². The zero-order valence-corrected chi connectivity index (χ0v) is 26.2. The Morgan fingerprint density at radius 1 is 0.426 bits per heavy atom. The Hall–Kier alpha value is -5.51. The summed E-state index contributed by atoms with van der Waals surface area (Å²) in [4.78, 5) is -0.921. The Bertz CT molecular complexity index is 2480. The Kier molecular flexibility index (Phi) is 7.83. The third kappa shape index (κ3) is 6.31. The fraction of sp³-hybridized carbons (Fsp3) is 0. The molecule has 0 spiro atoms. The van der Waals surface area contributed by atoms with Gasteiger partial charge in [0.05, 0.1) is 5.39 Å². The van der Waals surface area contributed by atoms with Gasteiger partial charge in [-0.2, -0.15) is 25.3 Å². The second-order valence-corrected chi connectivity index (χ2v) is 14.6. The number of phenols is 3. The van der Waals surface area contributed by atoms with Crippen molar-refractivity contribution < 1.29 is 53.1 Å². The largest absolute Gasteiger partial charge is 0.508 e. The normalized spacial score (nSPS) is 12.2. The summed E-state index contributed by atoms with van der Waals surface area (Å²) < 4.78 is 96.5. The lowest BCUT2D eigenvalue weighted by molar-refractivity contribution is 0.471. The first-order valence-corrected chi connectivity index (χ1v) is 17.6. The molecule has 6 rings (SSSR count). The summed E-state index contributed by atoms with van der Waals surface area (Å²) >= 11 is 0. The molecule has 15 heteroatoms. The van der Waals surface area contributed by atoms with E-state index in [1.54, 1.807) is 0 Å². The first kappa shape index (κ1) is 31.5. The number of phenolic OH excluding ortho intramolecular Hbond substituents is 3. The molecule has 47 heavy (non-hydrogen) atoms. The van der Waals surface area contributed by atoms with E-state index in [9.17, 15) is 40.6 Å². The molecule has 0 radical (unpaired) electrons. The molecule has 0 bridgehead atoms. The van der Waals surface area contributed by atoms with Crippen LogP contribution in [0.2, 0.25) is 0 Å². The van der Waals surface area contributed by atoms with E-state index in [4.69, 9.17) is 12.5 Å². The molecule has 0 fully saturated rings. The minimum atomic E-state index is -4.65. The SMILES string of the molecule is O=S(=O)(Oc1cccc2c(OS(=O)(=O)c3ccc(O)cc3)c3c(OS(=O)(=O)c4ccc(O)cc4)cccc3cc12)c1ccc(O)cc1. The van der Waals surface area contributed by atoms with Gasteiger partial charge in [0.15, 0.2) is 17.2 Å². The highest BCUT2D eigenvalue weighted by atomic mass is 32.2. The predicted molar refractivity (Wildman–Crippen MR) is 169 cm³/mol. The summed E-state index contributed by atoms with van der Waals surface area (Å²) in [6.45, 7) is 0. The molecule has 0 aromatic heterocycles. The lowest BCUT2D eigenvalue weighted by Crippen LogP contribution is -2.13. The maximum atomic E-state index is 13.5. The van der Waals surface area contributed by atoms with Crippen LogP contribution in [-0.2, 0) is 30.4 Å². The fourth-order valence-corrected chi connectivity index (χ4v) is 7.50. The van der Waals surface area contributed by atoms with E-state index < -0.39 is 36.1 Å². The van der Waals surface area contributed by atoms with Crippen molar-refractivity contribution in [1.82, 2.24) is 0 Å². The summed E-state index contributed by atoms with van der Waals surface area (Å²) in [5, 5.41) is 29.0. The van der Waals surface area contributed by atoms with Crippen molar-refractivity contribution in [3.05, 3.63) is 115 Å². The van der Waals surface area contributed by atoms with Crippen LogP contribution < -0.4 is 12.5 Å². The molecule has 0 unspecified atom stereocenters. The fourth-order valence-electron chi connectivity index (χ4n) is 4.65. The molecule has 0 saturated carbocycles. The second kappa shape index (κ2) is 11.7. The molecule has 3 N–H and O–H groups in total. The minimum absolute atomic E-state index is 0.0105. The van der Waals surface area contributed by atoms with E-state index >= 15 is 0 Å². The third-order valence-electron chi connectivity index (χ3n) is 6.86. The van der Waals surface area contributed by atoms with Gasteiger partial charge in [0, 0.05) is 10.8 Å². The molecule has 0 atom stereocenters. The number of hydrogen-bond donors (Lipinski definition) is 3. The van der Waals surface area contributed by atoms with Crippen molar-refractivity contribution in [2.24, 2.45) is 0 Å². The van der Waals surface area contributed by atoms with E-state index in [-0.39, 0.29) is 65.0 Å². The van der Waals surface area contributed by atoms with Gasteiger partial charge < -0.3 is 27.9 Å². The van der Waals surface area contributed by atoms with Gasteiger partial charge in [0.25, 0.3) is 0 Å². The molecule has 0 heterocycles. The molecule has 6 aromatic carbocycles. The second-order valence-electron chi connectivity index (χ2n) is 10.0. The van der Waals surface area contributed by atoms with Crippen molar-refractivity contribution in [1.29, 1.82) is 0 Å². The van der Waals surface area contributed by atoms with Gasteiger partial charge in [0.1, 0.15) is 31.9 Å². The van der Waals surface area contributed by atoms with E-state index in [0.29, 0.717) is 0 Å². The van der Waals surface area contributed by atoms with Crippen LogP contribution in [0.3, 0.4) is 0 Å². The smallest absolute Gasteiger partial charge is 0.339 e. The molecule has 0 amide bonds. The number of fused-ring (bicyclic) bond motifs is 2. The standard InChI is InChI=1S/C32H22O12S3/c33-21-7-13-24(14-8-21)45(36,37)42-29-5-2-4-27-28(29)19-20-3-1-6-30(43-46(38,39)25-15-9-22(34)10-16-25)31(20)32(27)44-47(40,41)26-17-11-23(35)12-18-26/h1-19,33-35H. The summed E-state index contributed by atoms with van der Waals surface area (Å²) in [7, 11) is -13.6. The topological polar surface area (TPSA) is 191 Å². The molecule has 0 aliphatic rings. The third-order valence-corrected chi connectivity index (χ3v) is 10.6. The average Bonchev–Trinajstić information content (AvgIpc) is 3.01. The predicted octanol–water partition coefficient (Wildman–Crippen LogP) is 5.41. The van der Waals surface area contributed by atoms with Gasteiger partial charge in [-0.3, -0.25) is 0 Å². The quantitative estimate of drug-likeness (QED) is 0.129. The molecule has 0 saturated heterocycles. The van der Waals surface area contributed by atoms with Crippen LogP contribution in [0.15, 0.2) is 130 Å². The summed E-state index contributed by atoms with van der Waals surface area (Å²) in [5.74, 6) is -1.49. The number of hydrogen-bond acceptors (Lipinski definition) is 12. The Labute approximate surface area is 268 Å². The molecule has 6 aromatic rings. The van der Waals surface area contributed by atoms with Gasteiger partial charge in [-0.15, -0.1) is 0 Å².